The van der Waals surface area contributed by atoms with Crippen molar-refractivity contribution in [1.29, 1.82) is 0 Å². The van der Waals surface area contributed by atoms with Gasteiger partial charge >= 0.3 is 0 Å². The van der Waals surface area contributed by atoms with Gasteiger partial charge in [0.05, 0.1) is 42.1 Å². The summed E-state index contributed by atoms with van der Waals surface area (Å²) in [4.78, 5) is 64.2. The van der Waals surface area contributed by atoms with Crippen molar-refractivity contribution in [1.82, 2.24) is 0 Å². The van der Waals surface area contributed by atoms with Gasteiger partial charge in [-0.15, -0.1) is 0 Å². The van der Waals surface area contributed by atoms with Gasteiger partial charge in [0.1, 0.15) is 0 Å². The maximum atomic E-state index is 16.1. The van der Waals surface area contributed by atoms with Crippen LogP contribution in [0.3, 0.4) is 0 Å². The Hall–Kier alpha value is -9.76. The SMILES string of the molecule is CC(C)c1cccc(C(C)C)c1N1C(=O)c2ccc3c4c(Nc5ccc(S(=O)(=O)O)cc5-c5ccc(S(=O)(=O)O)cc5)cc5c6c(ccc(c7c(Nc8ccc(S(=O)(=O)O)cc8-c8ccc(S(=O)(=O)O)cc8)cc(c2c37)C1=O)c64)C(=O)N(c1c(C(C)C)cccc1C(C)C)C5=O. The quantitative estimate of drug-likeness (QED) is 0.0227. The third kappa shape index (κ3) is 10.6. The van der Waals surface area contributed by atoms with Crippen LogP contribution in [0.15, 0.2) is 177 Å². The summed E-state index contributed by atoms with van der Waals surface area (Å²) in [6, 6.07) is 37.7. The summed E-state index contributed by atoms with van der Waals surface area (Å²) in [6.45, 7) is 15.6. The number of nitrogens with zero attached hydrogens (tertiary/aromatic N) is 2. The molecule has 0 saturated carbocycles. The lowest BCUT2D eigenvalue weighted by molar-refractivity contribution is 0.0877. The zero-order chi connectivity index (χ0) is 68.9. The average molecular weight is 1370 g/mol. The summed E-state index contributed by atoms with van der Waals surface area (Å²) in [6.07, 6.45) is 0. The van der Waals surface area contributed by atoms with E-state index in [9.17, 15) is 51.9 Å². The highest BCUT2D eigenvalue weighted by Gasteiger charge is 2.42. The number of carbonyl (C=O) groups excluding carboxylic acids is 4. The van der Waals surface area contributed by atoms with Crippen molar-refractivity contribution in [2.45, 2.75) is 98.6 Å². The summed E-state index contributed by atoms with van der Waals surface area (Å²) in [5.74, 6) is -3.54. The van der Waals surface area contributed by atoms with Crippen LogP contribution in [0.4, 0.5) is 34.1 Å². The molecule has 13 rings (SSSR count). The van der Waals surface area contributed by atoms with E-state index in [1.54, 1.807) is 36.4 Å². The van der Waals surface area contributed by atoms with E-state index in [-0.39, 0.29) is 102 Å². The molecule has 0 radical (unpaired) electrons. The molecule has 2 aliphatic rings. The van der Waals surface area contributed by atoms with Crippen LogP contribution in [0, 0.1) is 0 Å². The topological polar surface area (TPSA) is 316 Å². The first-order valence-electron chi connectivity index (χ1n) is 30.4. The van der Waals surface area contributed by atoms with Crippen LogP contribution in [0.5, 0.6) is 0 Å². The Bertz CT molecular complexity index is 5350. The fraction of sp³-hybridized carbons (Fsp3) is 0.167. The second kappa shape index (κ2) is 23.0. The lowest BCUT2D eigenvalue weighted by Crippen LogP contribution is -2.42. The summed E-state index contributed by atoms with van der Waals surface area (Å²) in [5, 5.41) is 9.22. The van der Waals surface area contributed by atoms with Crippen molar-refractivity contribution >= 4 is 141 Å². The molecule has 96 heavy (non-hydrogen) atoms. The molecule has 4 amide bonds. The van der Waals surface area contributed by atoms with E-state index in [2.05, 4.69) is 10.6 Å². The number of anilines is 6. The van der Waals surface area contributed by atoms with Gasteiger partial charge in [-0.3, -0.25) is 37.4 Å². The van der Waals surface area contributed by atoms with Gasteiger partial charge in [0.25, 0.3) is 64.1 Å². The van der Waals surface area contributed by atoms with E-state index in [0.717, 1.165) is 48.5 Å². The van der Waals surface area contributed by atoms with Crippen LogP contribution in [0.25, 0.3) is 65.3 Å². The molecule has 0 atom stereocenters. The van der Waals surface area contributed by atoms with Crippen molar-refractivity contribution in [3.05, 3.63) is 202 Å². The molecule has 20 nitrogen and oxygen atoms in total. The highest BCUT2D eigenvalue weighted by molar-refractivity contribution is 7.86. The lowest BCUT2D eigenvalue weighted by Gasteiger charge is -2.34. The molecule has 0 saturated heterocycles. The van der Waals surface area contributed by atoms with Crippen molar-refractivity contribution in [2.75, 3.05) is 20.4 Å². The number of amides is 4. The Balaban J connectivity index is 1.18. The van der Waals surface area contributed by atoms with Crippen LogP contribution in [-0.4, -0.2) is 75.5 Å². The van der Waals surface area contributed by atoms with Crippen LogP contribution < -0.4 is 20.4 Å². The number of para-hydroxylation sites is 2. The largest absolute Gasteiger partial charge is 0.354 e. The van der Waals surface area contributed by atoms with E-state index in [4.69, 9.17) is 0 Å². The smallest absolute Gasteiger partial charge is 0.294 e. The molecule has 0 fully saturated rings. The first-order chi connectivity index (χ1) is 45.1. The monoisotopic (exact) mass is 1360 g/mol. The molecular weight excluding hydrogens is 1310 g/mol. The van der Waals surface area contributed by atoms with Crippen LogP contribution >= 0.6 is 0 Å². The second-order valence-corrected chi connectivity index (χ2v) is 30.9. The molecule has 0 aliphatic carbocycles. The molecule has 11 aromatic carbocycles. The number of hydrogen-bond acceptors (Lipinski definition) is 14. The van der Waals surface area contributed by atoms with E-state index in [1.807, 2.05) is 91.8 Å². The summed E-state index contributed by atoms with van der Waals surface area (Å²) >= 11 is 0. The summed E-state index contributed by atoms with van der Waals surface area (Å²) in [7, 11) is -19.3. The van der Waals surface area contributed by atoms with Gasteiger partial charge in [0.2, 0.25) is 0 Å². The summed E-state index contributed by atoms with van der Waals surface area (Å²) < 4.78 is 142. The van der Waals surface area contributed by atoms with Crippen molar-refractivity contribution in [3.63, 3.8) is 0 Å². The van der Waals surface area contributed by atoms with Crippen molar-refractivity contribution in [2.24, 2.45) is 0 Å². The van der Waals surface area contributed by atoms with Gasteiger partial charge in [-0.1, -0.05) is 128 Å². The predicted octanol–water partition coefficient (Wildman–Crippen LogP) is 15.6. The van der Waals surface area contributed by atoms with E-state index < -0.39 is 83.7 Å². The molecule has 11 aromatic rings. The number of nitrogens with one attached hydrogen (secondary N) is 2. The minimum atomic E-state index is -4.92. The normalized spacial score (nSPS) is 14.0. The third-order valence-electron chi connectivity index (χ3n) is 18.0. The number of rotatable bonds is 16. The Morgan fingerprint density at radius 3 is 0.885 bits per heavy atom. The first-order valence-corrected chi connectivity index (χ1v) is 36.2. The molecule has 0 aromatic heterocycles. The summed E-state index contributed by atoms with van der Waals surface area (Å²) in [5.41, 5.74) is 4.90. The molecule has 488 valence electrons. The Labute approximate surface area is 552 Å². The molecule has 6 N–H and O–H groups in total. The Kier molecular flexibility index (Phi) is 15.5. The van der Waals surface area contributed by atoms with Crippen LogP contribution in [0.2, 0.25) is 0 Å². The Morgan fingerprint density at radius 1 is 0.302 bits per heavy atom. The fourth-order valence-electron chi connectivity index (χ4n) is 13.6. The first kappa shape index (κ1) is 64.9. The molecule has 24 heteroatoms. The average Bonchev–Trinajstić information content (AvgIpc) is 0.679. The van der Waals surface area contributed by atoms with Gasteiger partial charge in [0, 0.05) is 77.3 Å². The number of carbonyl (C=O) groups is 4. The van der Waals surface area contributed by atoms with E-state index in [0.29, 0.717) is 65.9 Å². The van der Waals surface area contributed by atoms with Gasteiger partial charge in [0.15, 0.2) is 0 Å². The maximum absolute atomic E-state index is 16.1. The number of benzene rings is 11. The van der Waals surface area contributed by atoms with Gasteiger partial charge in [-0.05, 0) is 153 Å². The van der Waals surface area contributed by atoms with Gasteiger partial charge < -0.3 is 10.6 Å². The highest BCUT2D eigenvalue weighted by atomic mass is 32.2. The van der Waals surface area contributed by atoms with Crippen molar-refractivity contribution in [3.8, 4) is 22.3 Å². The molecule has 0 spiro atoms. The van der Waals surface area contributed by atoms with Gasteiger partial charge in [-0.25, -0.2) is 9.80 Å². The van der Waals surface area contributed by atoms with Gasteiger partial charge in [-0.2, -0.15) is 33.7 Å². The molecular formula is C72H60N4O16S4. The second-order valence-electron chi connectivity index (χ2n) is 25.2. The van der Waals surface area contributed by atoms with Crippen LogP contribution in [0.1, 0.15) is 143 Å². The maximum Gasteiger partial charge on any atom is 0.294 e. The lowest BCUT2D eigenvalue weighted by atomic mass is 9.80. The van der Waals surface area contributed by atoms with Crippen molar-refractivity contribution < 1.29 is 71.1 Å². The minimum absolute atomic E-state index is 0.0142. The fourth-order valence-corrected chi connectivity index (χ4v) is 15.6. The number of imide groups is 2. The minimum Gasteiger partial charge on any atom is -0.354 e. The molecule has 2 heterocycles. The zero-order valence-corrected chi connectivity index (χ0v) is 55.8. The Morgan fingerprint density at radius 2 is 0.594 bits per heavy atom. The number of hydrogen-bond donors (Lipinski definition) is 6. The molecule has 0 unspecified atom stereocenters. The zero-order valence-electron chi connectivity index (χ0n) is 52.5. The number of fused-ring (bicyclic) bond motifs is 2. The molecule has 2 aliphatic heterocycles. The predicted molar refractivity (Wildman–Crippen MR) is 369 cm³/mol. The molecule has 0 bridgehead atoms. The standard InChI is InChI=1S/C72H60N4O16S4/c1-35(2)45-11-9-12-46(36(3)4)67(45)75-69(77)51-27-25-49-64-60(74-58-30-24-44(96(90,91)92)32-54(58)40-17-21-42(22-18-40)94(84,85)86)34-56-62-52(70(78)76(72(56)80)68-47(37(5)6)13-10-14-48(68)38(7)8)28-26-50(66(62)64)63-59(33-55(71(75)79)61(51)65(49)63)73-57-29-23-43(95(87,88)89)31-53(57)39-15-19-41(20-16-39)93(81,82)83/h9-38,73-74H,1-8H3,(H,81,82,83)(H,84,85,86)(H,87,88,89)(H,90,91,92). The third-order valence-corrected chi connectivity index (χ3v) is 21.4. The van der Waals surface area contributed by atoms with Crippen LogP contribution in [-0.2, 0) is 40.5 Å². The van der Waals surface area contributed by atoms with E-state index >= 15 is 19.2 Å². The van der Waals surface area contributed by atoms with E-state index in [1.165, 1.54) is 46.2 Å². The highest BCUT2D eigenvalue weighted by Crippen LogP contribution is 2.54.